The van der Waals surface area contributed by atoms with Gasteiger partial charge < -0.3 is 5.32 Å². The summed E-state index contributed by atoms with van der Waals surface area (Å²) in [6.07, 6.45) is 0. The first-order chi connectivity index (χ1) is 12.1. The lowest BCUT2D eigenvalue weighted by molar-refractivity contribution is -0.115. The summed E-state index contributed by atoms with van der Waals surface area (Å²) in [7, 11) is 0. The molecule has 0 unspecified atom stereocenters. The molecule has 1 atom stereocenters. The summed E-state index contributed by atoms with van der Waals surface area (Å²) in [6.45, 7) is 3.72. The molecule has 2 aromatic carbocycles. The predicted molar refractivity (Wildman–Crippen MR) is 101 cm³/mol. The molecule has 25 heavy (non-hydrogen) atoms. The molecule has 0 saturated heterocycles. The molecule has 0 saturated carbocycles. The molecule has 0 fully saturated rings. The number of para-hydroxylation sites is 2. The molecule has 1 aromatic heterocycles. The van der Waals surface area contributed by atoms with E-state index in [0.717, 1.165) is 11.5 Å². The second kappa shape index (κ2) is 7.72. The number of anilines is 1. The van der Waals surface area contributed by atoms with Gasteiger partial charge in [-0.05, 0) is 38.1 Å². The van der Waals surface area contributed by atoms with E-state index >= 15 is 0 Å². The number of halogens is 1. The van der Waals surface area contributed by atoms with Crippen LogP contribution in [0.2, 0.25) is 5.02 Å². The van der Waals surface area contributed by atoms with Crippen molar-refractivity contribution in [1.82, 2.24) is 14.8 Å². The number of rotatable bonds is 5. The molecule has 0 aliphatic carbocycles. The van der Waals surface area contributed by atoms with Crippen LogP contribution in [0.5, 0.6) is 0 Å². The fourth-order valence-corrected chi connectivity index (χ4v) is 3.40. The summed E-state index contributed by atoms with van der Waals surface area (Å²) in [5, 5.41) is 12.0. The Morgan fingerprint density at radius 1 is 1.12 bits per heavy atom. The number of carbonyl (C=O) groups excluding carboxylic acids is 1. The highest BCUT2D eigenvalue weighted by atomic mass is 35.5. The average molecular weight is 373 g/mol. The SMILES string of the molecule is Cc1nnc(S[C@H](C)C(=O)Nc2ccccc2Cl)n1-c1ccccc1. The number of aryl methyl sites for hydroxylation is 1. The number of hydrogen-bond donors (Lipinski definition) is 1. The monoisotopic (exact) mass is 372 g/mol. The topological polar surface area (TPSA) is 59.8 Å². The lowest BCUT2D eigenvalue weighted by atomic mass is 10.3. The van der Waals surface area contributed by atoms with Crippen molar-refractivity contribution < 1.29 is 4.79 Å². The molecule has 0 aliphatic rings. The molecule has 3 aromatic rings. The molecule has 1 heterocycles. The summed E-state index contributed by atoms with van der Waals surface area (Å²) in [5.74, 6) is 0.630. The van der Waals surface area contributed by atoms with Crippen molar-refractivity contribution in [3.8, 4) is 5.69 Å². The van der Waals surface area contributed by atoms with E-state index in [9.17, 15) is 4.79 Å². The normalized spacial score (nSPS) is 12.0. The first-order valence-corrected chi connectivity index (χ1v) is 9.01. The van der Waals surface area contributed by atoms with Crippen LogP contribution in [0, 0.1) is 6.92 Å². The van der Waals surface area contributed by atoms with Crippen molar-refractivity contribution in [2.75, 3.05) is 5.32 Å². The Balaban J connectivity index is 1.77. The van der Waals surface area contributed by atoms with Crippen molar-refractivity contribution in [1.29, 1.82) is 0 Å². The zero-order valence-electron chi connectivity index (χ0n) is 13.8. The van der Waals surface area contributed by atoms with E-state index in [1.54, 1.807) is 12.1 Å². The van der Waals surface area contributed by atoms with Gasteiger partial charge in [-0.3, -0.25) is 9.36 Å². The van der Waals surface area contributed by atoms with Crippen LogP contribution in [0.15, 0.2) is 59.8 Å². The van der Waals surface area contributed by atoms with Crippen molar-refractivity contribution in [2.24, 2.45) is 0 Å². The second-order valence-corrected chi connectivity index (χ2v) is 7.15. The van der Waals surface area contributed by atoms with Crippen LogP contribution in [0.25, 0.3) is 5.69 Å². The standard InChI is InChI=1S/C18H17ClN4OS/c1-12(17(24)20-16-11-7-6-10-15(16)19)25-18-22-21-13(2)23(18)14-8-4-3-5-9-14/h3-12H,1-2H3,(H,20,24)/t12-/m1/s1. The molecule has 128 valence electrons. The molecule has 3 rings (SSSR count). The van der Waals surface area contributed by atoms with Gasteiger partial charge in [0.15, 0.2) is 5.16 Å². The van der Waals surface area contributed by atoms with Gasteiger partial charge in [0.25, 0.3) is 0 Å². The molecule has 1 amide bonds. The first-order valence-electron chi connectivity index (χ1n) is 7.76. The van der Waals surface area contributed by atoms with Gasteiger partial charge in [0.2, 0.25) is 5.91 Å². The van der Waals surface area contributed by atoms with Crippen LogP contribution in [0.4, 0.5) is 5.69 Å². The third-order valence-corrected chi connectivity index (χ3v) is 4.96. The summed E-state index contributed by atoms with van der Waals surface area (Å²) in [4.78, 5) is 12.5. The van der Waals surface area contributed by atoms with Crippen LogP contribution in [0.3, 0.4) is 0 Å². The average Bonchev–Trinajstić information content (AvgIpc) is 2.98. The molecule has 7 heteroatoms. The molecule has 0 bridgehead atoms. The third kappa shape index (κ3) is 4.03. The molecule has 0 spiro atoms. The van der Waals surface area contributed by atoms with Gasteiger partial charge in [-0.2, -0.15) is 0 Å². The van der Waals surface area contributed by atoms with Crippen molar-refractivity contribution in [3.05, 3.63) is 65.4 Å². The Morgan fingerprint density at radius 3 is 2.52 bits per heavy atom. The Labute approximate surface area is 155 Å². The minimum absolute atomic E-state index is 0.140. The number of hydrogen-bond acceptors (Lipinski definition) is 4. The molecular formula is C18H17ClN4OS. The van der Waals surface area contributed by atoms with Gasteiger partial charge in [0.1, 0.15) is 5.82 Å². The number of amides is 1. The highest BCUT2D eigenvalue weighted by Gasteiger charge is 2.20. The van der Waals surface area contributed by atoms with E-state index < -0.39 is 0 Å². The highest BCUT2D eigenvalue weighted by Crippen LogP contribution is 2.27. The summed E-state index contributed by atoms with van der Waals surface area (Å²) in [5.41, 5.74) is 1.56. The Bertz CT molecular complexity index is 882. The molecule has 0 radical (unpaired) electrons. The maximum atomic E-state index is 12.5. The van der Waals surface area contributed by atoms with Crippen molar-refractivity contribution in [3.63, 3.8) is 0 Å². The maximum Gasteiger partial charge on any atom is 0.237 e. The van der Waals surface area contributed by atoms with Gasteiger partial charge in [0.05, 0.1) is 16.0 Å². The van der Waals surface area contributed by atoms with Crippen LogP contribution in [0.1, 0.15) is 12.7 Å². The van der Waals surface area contributed by atoms with Crippen molar-refractivity contribution >= 4 is 35.0 Å². The quantitative estimate of drug-likeness (QED) is 0.676. The van der Waals surface area contributed by atoms with Crippen molar-refractivity contribution in [2.45, 2.75) is 24.3 Å². The van der Waals surface area contributed by atoms with E-state index in [1.165, 1.54) is 11.8 Å². The molecular weight excluding hydrogens is 356 g/mol. The minimum Gasteiger partial charge on any atom is -0.324 e. The number of benzene rings is 2. The summed E-state index contributed by atoms with van der Waals surface area (Å²) >= 11 is 7.45. The van der Waals surface area contributed by atoms with E-state index in [1.807, 2.05) is 60.9 Å². The Hall–Kier alpha value is -2.31. The minimum atomic E-state index is -0.359. The van der Waals surface area contributed by atoms with Crippen LogP contribution >= 0.6 is 23.4 Å². The first kappa shape index (κ1) is 17.5. The van der Waals surface area contributed by atoms with Gasteiger partial charge in [-0.15, -0.1) is 10.2 Å². The fourth-order valence-electron chi connectivity index (χ4n) is 2.30. The Kier molecular flexibility index (Phi) is 5.40. The lowest BCUT2D eigenvalue weighted by Crippen LogP contribution is -2.23. The number of nitrogens with zero attached hydrogens (tertiary/aromatic N) is 3. The third-order valence-electron chi connectivity index (χ3n) is 3.59. The van der Waals surface area contributed by atoms with E-state index in [0.29, 0.717) is 15.9 Å². The van der Waals surface area contributed by atoms with Crippen LogP contribution in [-0.2, 0) is 4.79 Å². The summed E-state index contributed by atoms with van der Waals surface area (Å²) < 4.78 is 1.93. The highest BCUT2D eigenvalue weighted by molar-refractivity contribution is 8.00. The van der Waals surface area contributed by atoms with Gasteiger partial charge in [0, 0.05) is 5.69 Å². The maximum absolute atomic E-state index is 12.5. The number of aromatic nitrogens is 3. The summed E-state index contributed by atoms with van der Waals surface area (Å²) in [6, 6.07) is 17.0. The smallest absolute Gasteiger partial charge is 0.237 e. The molecule has 1 N–H and O–H groups in total. The van der Waals surface area contributed by atoms with E-state index in [-0.39, 0.29) is 11.2 Å². The zero-order chi connectivity index (χ0) is 17.8. The number of carbonyl (C=O) groups is 1. The second-order valence-electron chi connectivity index (χ2n) is 5.43. The van der Waals surface area contributed by atoms with E-state index in [4.69, 9.17) is 11.6 Å². The fraction of sp³-hybridized carbons (Fsp3) is 0.167. The zero-order valence-corrected chi connectivity index (χ0v) is 15.4. The van der Waals surface area contributed by atoms with E-state index in [2.05, 4.69) is 15.5 Å². The molecule has 0 aliphatic heterocycles. The molecule has 5 nitrogen and oxygen atoms in total. The Morgan fingerprint density at radius 2 is 1.80 bits per heavy atom. The van der Waals surface area contributed by atoms with Gasteiger partial charge >= 0.3 is 0 Å². The predicted octanol–water partition coefficient (Wildman–Crippen LogP) is 4.35. The van der Waals surface area contributed by atoms with Crippen LogP contribution < -0.4 is 5.32 Å². The van der Waals surface area contributed by atoms with Crippen LogP contribution in [-0.4, -0.2) is 25.9 Å². The van der Waals surface area contributed by atoms with Gasteiger partial charge in [-0.25, -0.2) is 0 Å². The lowest BCUT2D eigenvalue weighted by Gasteiger charge is -2.13. The number of thioether (sulfide) groups is 1. The largest absolute Gasteiger partial charge is 0.324 e. The number of nitrogens with one attached hydrogen (secondary N) is 1. The van der Waals surface area contributed by atoms with Gasteiger partial charge in [-0.1, -0.05) is 53.7 Å².